The molecule has 1 aromatic heterocycles. The van der Waals surface area contributed by atoms with E-state index < -0.39 is 0 Å². The van der Waals surface area contributed by atoms with Crippen LogP contribution < -0.4 is 0 Å². The summed E-state index contributed by atoms with van der Waals surface area (Å²) >= 11 is 0. The van der Waals surface area contributed by atoms with E-state index in [1.54, 1.807) is 0 Å². The third-order valence-electron chi connectivity index (χ3n) is 4.32. The average Bonchev–Trinajstić information content (AvgIpc) is 2.75. The summed E-state index contributed by atoms with van der Waals surface area (Å²) in [6.07, 6.45) is 6.37. The monoisotopic (exact) mass is 243 g/mol. The van der Waals surface area contributed by atoms with E-state index in [0.29, 0.717) is 0 Å². The van der Waals surface area contributed by atoms with Crippen LogP contribution in [0.15, 0.2) is 30.5 Å². The van der Waals surface area contributed by atoms with Gasteiger partial charge in [-0.15, -0.1) is 0 Å². The molecule has 96 valence electrons. The van der Waals surface area contributed by atoms with Crippen LogP contribution in [0.1, 0.15) is 37.7 Å². The molecule has 2 nitrogen and oxygen atoms in total. The molecule has 0 amide bonds. The van der Waals surface area contributed by atoms with Gasteiger partial charge < -0.3 is 9.67 Å². The molecule has 18 heavy (non-hydrogen) atoms. The molecule has 1 aromatic carbocycles. The van der Waals surface area contributed by atoms with E-state index in [2.05, 4.69) is 42.0 Å². The van der Waals surface area contributed by atoms with Crippen LogP contribution in [0.3, 0.4) is 0 Å². The molecule has 1 unspecified atom stereocenters. The highest BCUT2D eigenvalue weighted by Crippen LogP contribution is 2.30. The summed E-state index contributed by atoms with van der Waals surface area (Å²) in [7, 11) is 0. The van der Waals surface area contributed by atoms with E-state index in [1.165, 1.54) is 35.7 Å². The van der Waals surface area contributed by atoms with Crippen LogP contribution in [0.4, 0.5) is 0 Å². The molecule has 0 spiro atoms. The van der Waals surface area contributed by atoms with Gasteiger partial charge in [-0.1, -0.05) is 25.5 Å². The summed E-state index contributed by atoms with van der Waals surface area (Å²) in [5, 5.41) is 10.6. The Labute approximate surface area is 108 Å². The van der Waals surface area contributed by atoms with Gasteiger partial charge in [-0.3, -0.25) is 0 Å². The Morgan fingerprint density at radius 3 is 2.83 bits per heavy atom. The SMILES string of the molecule is CC(CO)c1ccc2ccn(CC3CCC3)c2c1. The number of rotatable bonds is 4. The van der Waals surface area contributed by atoms with Crippen molar-refractivity contribution in [2.75, 3.05) is 6.61 Å². The molecular weight excluding hydrogens is 222 g/mol. The lowest BCUT2D eigenvalue weighted by atomic mass is 9.85. The fourth-order valence-corrected chi connectivity index (χ4v) is 2.73. The number of hydrogen-bond acceptors (Lipinski definition) is 1. The molecule has 0 bridgehead atoms. The van der Waals surface area contributed by atoms with Gasteiger partial charge in [-0.25, -0.2) is 0 Å². The van der Waals surface area contributed by atoms with Crippen molar-refractivity contribution in [1.82, 2.24) is 4.57 Å². The second-order valence-electron chi connectivity index (χ2n) is 5.67. The molecule has 1 heterocycles. The minimum atomic E-state index is 0.217. The Balaban J connectivity index is 1.93. The molecule has 1 atom stereocenters. The topological polar surface area (TPSA) is 25.2 Å². The second kappa shape index (κ2) is 4.77. The molecule has 0 aliphatic heterocycles. The van der Waals surface area contributed by atoms with Crippen LogP contribution in [-0.4, -0.2) is 16.3 Å². The van der Waals surface area contributed by atoms with Crippen molar-refractivity contribution < 1.29 is 5.11 Å². The molecular formula is C16H21NO. The lowest BCUT2D eigenvalue weighted by Crippen LogP contribution is -2.17. The summed E-state index contributed by atoms with van der Waals surface area (Å²) in [6, 6.07) is 8.75. The fraction of sp³-hybridized carbons (Fsp3) is 0.500. The van der Waals surface area contributed by atoms with Crippen LogP contribution in [0, 0.1) is 5.92 Å². The zero-order valence-electron chi connectivity index (χ0n) is 11.0. The maximum atomic E-state index is 9.27. The van der Waals surface area contributed by atoms with E-state index in [-0.39, 0.29) is 12.5 Å². The Morgan fingerprint density at radius 1 is 1.33 bits per heavy atom. The largest absolute Gasteiger partial charge is 0.396 e. The van der Waals surface area contributed by atoms with Crippen LogP contribution in [-0.2, 0) is 6.54 Å². The molecule has 0 radical (unpaired) electrons. The van der Waals surface area contributed by atoms with Crippen LogP contribution in [0.25, 0.3) is 10.9 Å². The van der Waals surface area contributed by atoms with Crippen molar-refractivity contribution >= 4 is 10.9 Å². The number of aliphatic hydroxyl groups is 1. The maximum Gasteiger partial charge on any atom is 0.0497 e. The molecule has 2 heteroatoms. The molecule has 2 aromatic rings. The Hall–Kier alpha value is -1.28. The van der Waals surface area contributed by atoms with E-state index in [9.17, 15) is 5.11 Å². The van der Waals surface area contributed by atoms with Gasteiger partial charge in [0.15, 0.2) is 0 Å². The van der Waals surface area contributed by atoms with Gasteiger partial charge in [0.25, 0.3) is 0 Å². The van der Waals surface area contributed by atoms with Crippen molar-refractivity contribution in [3.63, 3.8) is 0 Å². The van der Waals surface area contributed by atoms with E-state index in [4.69, 9.17) is 0 Å². The lowest BCUT2D eigenvalue weighted by molar-refractivity contribution is 0.273. The zero-order valence-corrected chi connectivity index (χ0v) is 11.0. The predicted octanol–water partition coefficient (Wildman–Crippen LogP) is 3.54. The number of fused-ring (bicyclic) bond motifs is 1. The highest BCUT2D eigenvalue weighted by atomic mass is 16.3. The average molecular weight is 243 g/mol. The molecule has 1 fully saturated rings. The summed E-state index contributed by atoms with van der Waals surface area (Å²) in [5.74, 6) is 1.10. The first kappa shape index (κ1) is 11.8. The summed E-state index contributed by atoms with van der Waals surface area (Å²) in [5.41, 5.74) is 2.55. The molecule has 3 rings (SSSR count). The molecule has 1 N–H and O–H groups in total. The van der Waals surface area contributed by atoms with E-state index in [0.717, 1.165) is 12.5 Å². The normalized spacial score (nSPS) is 17.9. The van der Waals surface area contributed by atoms with Gasteiger partial charge >= 0.3 is 0 Å². The number of hydrogen-bond donors (Lipinski definition) is 1. The first-order chi connectivity index (χ1) is 8.78. The summed E-state index contributed by atoms with van der Waals surface area (Å²) < 4.78 is 2.38. The standard InChI is InChI=1S/C16H21NO/c1-12(11-18)15-6-5-14-7-8-17(16(14)9-15)10-13-3-2-4-13/h5-9,12-13,18H,2-4,10-11H2,1H3. The highest BCUT2D eigenvalue weighted by Gasteiger charge is 2.18. The van der Waals surface area contributed by atoms with Gasteiger partial charge in [0.05, 0.1) is 0 Å². The molecule has 1 aliphatic carbocycles. The van der Waals surface area contributed by atoms with Crippen molar-refractivity contribution in [2.24, 2.45) is 5.92 Å². The van der Waals surface area contributed by atoms with E-state index in [1.807, 2.05) is 0 Å². The fourth-order valence-electron chi connectivity index (χ4n) is 2.73. The van der Waals surface area contributed by atoms with Crippen molar-refractivity contribution in [3.8, 4) is 0 Å². The number of aromatic nitrogens is 1. The quantitative estimate of drug-likeness (QED) is 0.873. The van der Waals surface area contributed by atoms with Crippen molar-refractivity contribution in [1.29, 1.82) is 0 Å². The van der Waals surface area contributed by atoms with Gasteiger partial charge in [0.2, 0.25) is 0 Å². The van der Waals surface area contributed by atoms with Gasteiger partial charge in [0.1, 0.15) is 0 Å². The van der Waals surface area contributed by atoms with Crippen LogP contribution in [0.2, 0.25) is 0 Å². The second-order valence-corrected chi connectivity index (χ2v) is 5.67. The predicted molar refractivity (Wildman–Crippen MR) is 74.8 cm³/mol. The zero-order chi connectivity index (χ0) is 12.5. The minimum Gasteiger partial charge on any atom is -0.396 e. The lowest BCUT2D eigenvalue weighted by Gasteiger charge is -2.26. The summed E-state index contributed by atoms with van der Waals surface area (Å²) in [4.78, 5) is 0. The smallest absolute Gasteiger partial charge is 0.0497 e. The van der Waals surface area contributed by atoms with Crippen LogP contribution >= 0.6 is 0 Å². The van der Waals surface area contributed by atoms with Gasteiger partial charge in [0, 0.05) is 30.8 Å². The first-order valence-corrected chi connectivity index (χ1v) is 6.97. The third kappa shape index (κ3) is 2.05. The van der Waals surface area contributed by atoms with Gasteiger partial charge in [-0.2, -0.15) is 0 Å². The Bertz CT molecular complexity index is 539. The summed E-state index contributed by atoms with van der Waals surface area (Å²) in [6.45, 7) is 3.44. The highest BCUT2D eigenvalue weighted by molar-refractivity contribution is 5.81. The Morgan fingerprint density at radius 2 is 2.17 bits per heavy atom. The third-order valence-corrected chi connectivity index (χ3v) is 4.32. The molecule has 1 aliphatic rings. The Kier molecular flexibility index (Phi) is 3.13. The molecule has 1 saturated carbocycles. The number of benzene rings is 1. The van der Waals surface area contributed by atoms with E-state index >= 15 is 0 Å². The maximum absolute atomic E-state index is 9.27. The van der Waals surface area contributed by atoms with Crippen molar-refractivity contribution in [3.05, 3.63) is 36.0 Å². The number of nitrogens with zero attached hydrogens (tertiary/aromatic N) is 1. The number of aliphatic hydroxyl groups excluding tert-OH is 1. The van der Waals surface area contributed by atoms with Crippen molar-refractivity contribution in [2.45, 2.75) is 38.6 Å². The van der Waals surface area contributed by atoms with Crippen LogP contribution in [0.5, 0.6) is 0 Å². The minimum absolute atomic E-state index is 0.217. The van der Waals surface area contributed by atoms with Gasteiger partial charge in [-0.05, 0) is 41.8 Å². The molecule has 0 saturated heterocycles. The first-order valence-electron chi connectivity index (χ1n) is 6.97.